The Labute approximate surface area is 125 Å². The third-order valence-electron chi connectivity index (χ3n) is 4.55. The number of aromatic nitrogens is 1. The van der Waals surface area contributed by atoms with Gasteiger partial charge in [-0.1, -0.05) is 25.5 Å². The first kappa shape index (κ1) is 14.1. The normalized spacial score (nSPS) is 21.3. The van der Waals surface area contributed by atoms with Crippen molar-refractivity contribution >= 4 is 16.9 Å². The van der Waals surface area contributed by atoms with Crippen LogP contribution >= 0.6 is 0 Å². The molecule has 3 heteroatoms. The van der Waals surface area contributed by atoms with Crippen LogP contribution in [0.25, 0.3) is 10.9 Å². The molecule has 1 aromatic heterocycles. The van der Waals surface area contributed by atoms with E-state index in [-0.39, 0.29) is 0 Å². The molecule has 3 nitrogen and oxygen atoms in total. The highest BCUT2D eigenvalue weighted by Crippen LogP contribution is 2.38. The van der Waals surface area contributed by atoms with E-state index in [9.17, 15) is 9.90 Å². The number of carbonyl (C=O) groups is 1. The van der Waals surface area contributed by atoms with E-state index >= 15 is 0 Å². The standard InChI is InChI=1S/C18H21NO2/c1-9-5-11(3)16-13(7-9)15(18(20)21)14-8-10(2)6-12(4)17(14)19-16/h5,7,10,12H,6,8H2,1-4H3,(H,20,21). The largest absolute Gasteiger partial charge is 0.478 e. The molecule has 2 aromatic rings. The number of fused-ring (bicyclic) bond motifs is 2. The molecule has 0 bridgehead atoms. The summed E-state index contributed by atoms with van der Waals surface area (Å²) in [6.07, 6.45) is 1.90. The molecule has 0 saturated carbocycles. The lowest BCUT2D eigenvalue weighted by atomic mass is 9.78. The summed E-state index contributed by atoms with van der Waals surface area (Å²) >= 11 is 0. The van der Waals surface area contributed by atoms with Gasteiger partial charge in [-0.3, -0.25) is 4.98 Å². The third-order valence-corrected chi connectivity index (χ3v) is 4.55. The highest BCUT2D eigenvalue weighted by Gasteiger charge is 2.29. The fourth-order valence-corrected chi connectivity index (χ4v) is 3.78. The number of carboxylic acids is 1. The van der Waals surface area contributed by atoms with E-state index in [1.54, 1.807) is 0 Å². The van der Waals surface area contributed by atoms with Gasteiger partial charge in [0.15, 0.2) is 0 Å². The number of rotatable bonds is 1. The highest BCUT2D eigenvalue weighted by molar-refractivity contribution is 6.05. The predicted octanol–water partition coefficient (Wildman–Crippen LogP) is 4.24. The molecule has 110 valence electrons. The van der Waals surface area contributed by atoms with Crippen LogP contribution in [-0.4, -0.2) is 16.1 Å². The van der Waals surface area contributed by atoms with Crippen LogP contribution in [0.2, 0.25) is 0 Å². The SMILES string of the molecule is Cc1cc(C)c2nc3c(c(C(=O)O)c2c1)CC(C)CC3C. The van der Waals surface area contributed by atoms with Crippen LogP contribution in [0.4, 0.5) is 0 Å². The lowest BCUT2D eigenvalue weighted by molar-refractivity contribution is 0.0697. The van der Waals surface area contributed by atoms with Crippen LogP contribution < -0.4 is 0 Å². The zero-order chi connectivity index (χ0) is 15.3. The molecule has 0 saturated heterocycles. The Bertz CT molecular complexity index is 749. The Kier molecular flexibility index (Phi) is 3.23. The van der Waals surface area contributed by atoms with Crippen LogP contribution in [0.15, 0.2) is 12.1 Å². The van der Waals surface area contributed by atoms with Crippen LogP contribution in [0, 0.1) is 19.8 Å². The number of pyridine rings is 1. The average molecular weight is 283 g/mol. The fourth-order valence-electron chi connectivity index (χ4n) is 3.78. The fraction of sp³-hybridized carbons (Fsp3) is 0.444. The van der Waals surface area contributed by atoms with Gasteiger partial charge >= 0.3 is 5.97 Å². The predicted molar refractivity (Wildman–Crippen MR) is 84.1 cm³/mol. The van der Waals surface area contributed by atoms with Crippen LogP contribution in [-0.2, 0) is 6.42 Å². The Morgan fingerprint density at radius 2 is 2.00 bits per heavy atom. The van der Waals surface area contributed by atoms with Gasteiger partial charge in [0.25, 0.3) is 0 Å². The molecule has 0 fully saturated rings. The molecule has 1 aromatic carbocycles. The van der Waals surface area contributed by atoms with Crippen molar-refractivity contribution in [3.05, 3.63) is 40.1 Å². The van der Waals surface area contributed by atoms with E-state index in [1.165, 1.54) is 0 Å². The lowest BCUT2D eigenvalue weighted by Crippen LogP contribution is -2.20. The van der Waals surface area contributed by atoms with Crippen molar-refractivity contribution in [2.75, 3.05) is 0 Å². The average Bonchev–Trinajstić information content (AvgIpc) is 2.35. The van der Waals surface area contributed by atoms with Crippen molar-refractivity contribution in [2.24, 2.45) is 5.92 Å². The second kappa shape index (κ2) is 4.83. The summed E-state index contributed by atoms with van der Waals surface area (Å²) in [4.78, 5) is 16.7. The Hall–Kier alpha value is -1.90. The van der Waals surface area contributed by atoms with Gasteiger partial charge in [0.05, 0.1) is 11.1 Å². The molecule has 2 atom stereocenters. The van der Waals surface area contributed by atoms with Gasteiger partial charge in [0.2, 0.25) is 0 Å². The highest BCUT2D eigenvalue weighted by atomic mass is 16.4. The van der Waals surface area contributed by atoms with E-state index in [0.29, 0.717) is 17.4 Å². The molecule has 0 amide bonds. The van der Waals surface area contributed by atoms with Gasteiger partial charge in [-0.05, 0) is 55.7 Å². The van der Waals surface area contributed by atoms with E-state index < -0.39 is 5.97 Å². The first-order valence-electron chi connectivity index (χ1n) is 7.55. The Morgan fingerprint density at radius 3 is 2.67 bits per heavy atom. The number of hydrogen-bond donors (Lipinski definition) is 1. The maximum atomic E-state index is 11.9. The number of carboxylic acid groups (broad SMARTS) is 1. The minimum Gasteiger partial charge on any atom is -0.478 e. The molecule has 1 heterocycles. The summed E-state index contributed by atoms with van der Waals surface area (Å²) in [5.41, 5.74) is 5.40. The van der Waals surface area contributed by atoms with Crippen LogP contribution in [0.5, 0.6) is 0 Å². The summed E-state index contributed by atoms with van der Waals surface area (Å²) in [6, 6.07) is 4.03. The molecule has 1 aliphatic rings. The van der Waals surface area contributed by atoms with Gasteiger partial charge in [-0.15, -0.1) is 0 Å². The van der Waals surface area contributed by atoms with E-state index in [1.807, 2.05) is 19.9 Å². The van der Waals surface area contributed by atoms with Crippen molar-refractivity contribution < 1.29 is 9.90 Å². The molecule has 0 radical (unpaired) electrons. The minimum absolute atomic E-state index is 0.326. The molecule has 21 heavy (non-hydrogen) atoms. The summed E-state index contributed by atoms with van der Waals surface area (Å²) in [7, 11) is 0. The number of benzene rings is 1. The van der Waals surface area contributed by atoms with Crippen molar-refractivity contribution in [1.29, 1.82) is 0 Å². The number of aromatic carboxylic acids is 1. The van der Waals surface area contributed by atoms with Crippen molar-refractivity contribution in [3.8, 4) is 0 Å². The van der Waals surface area contributed by atoms with Crippen LogP contribution in [0.1, 0.15) is 58.9 Å². The van der Waals surface area contributed by atoms with Crippen molar-refractivity contribution in [1.82, 2.24) is 4.98 Å². The smallest absolute Gasteiger partial charge is 0.336 e. The van der Waals surface area contributed by atoms with Crippen molar-refractivity contribution in [2.45, 2.75) is 46.5 Å². The second-order valence-corrected chi connectivity index (χ2v) is 6.58. The van der Waals surface area contributed by atoms with Gasteiger partial charge in [-0.2, -0.15) is 0 Å². The molecular formula is C18H21NO2. The van der Waals surface area contributed by atoms with E-state index in [2.05, 4.69) is 19.9 Å². The van der Waals surface area contributed by atoms with E-state index in [0.717, 1.165) is 46.1 Å². The monoisotopic (exact) mass is 283 g/mol. The number of nitrogens with zero attached hydrogens (tertiary/aromatic N) is 1. The van der Waals surface area contributed by atoms with Gasteiger partial charge in [-0.25, -0.2) is 4.79 Å². The molecule has 0 spiro atoms. The van der Waals surface area contributed by atoms with Crippen LogP contribution in [0.3, 0.4) is 0 Å². The first-order chi connectivity index (χ1) is 9.88. The molecule has 0 aliphatic heterocycles. The summed E-state index contributed by atoms with van der Waals surface area (Å²) in [5.74, 6) is 0.00709. The number of aryl methyl sites for hydroxylation is 2. The molecule has 1 N–H and O–H groups in total. The van der Waals surface area contributed by atoms with Gasteiger partial charge < -0.3 is 5.11 Å². The second-order valence-electron chi connectivity index (χ2n) is 6.58. The zero-order valence-corrected chi connectivity index (χ0v) is 13.0. The number of hydrogen-bond acceptors (Lipinski definition) is 2. The molecular weight excluding hydrogens is 262 g/mol. The van der Waals surface area contributed by atoms with Crippen molar-refractivity contribution in [3.63, 3.8) is 0 Å². The Morgan fingerprint density at radius 1 is 1.29 bits per heavy atom. The molecule has 1 aliphatic carbocycles. The minimum atomic E-state index is -0.829. The quantitative estimate of drug-likeness (QED) is 0.851. The molecule has 3 rings (SSSR count). The first-order valence-corrected chi connectivity index (χ1v) is 7.55. The lowest BCUT2D eigenvalue weighted by Gasteiger charge is -2.28. The topological polar surface area (TPSA) is 50.2 Å². The Balaban J connectivity index is 2.45. The summed E-state index contributed by atoms with van der Waals surface area (Å²) < 4.78 is 0. The summed E-state index contributed by atoms with van der Waals surface area (Å²) in [5, 5.41) is 10.6. The van der Waals surface area contributed by atoms with E-state index in [4.69, 9.17) is 4.98 Å². The summed E-state index contributed by atoms with van der Waals surface area (Å²) in [6.45, 7) is 8.36. The van der Waals surface area contributed by atoms with Gasteiger partial charge in [0, 0.05) is 11.1 Å². The molecule has 2 unspecified atom stereocenters. The zero-order valence-electron chi connectivity index (χ0n) is 13.0. The maximum absolute atomic E-state index is 11.9. The van der Waals surface area contributed by atoms with Gasteiger partial charge in [0.1, 0.15) is 0 Å². The third kappa shape index (κ3) is 2.21. The maximum Gasteiger partial charge on any atom is 0.336 e.